The first-order chi connectivity index (χ1) is 3.66. The van der Waals surface area contributed by atoms with Crippen LogP contribution in [0, 0.1) is 5.92 Å². The summed E-state index contributed by atoms with van der Waals surface area (Å²) >= 11 is 5.47. The molecule has 0 saturated heterocycles. The van der Waals surface area contributed by atoms with Gasteiger partial charge in [-0.2, -0.15) is 0 Å². The zero-order chi connectivity index (χ0) is 6.57. The molecule has 0 radical (unpaired) electrons. The first-order valence-electron chi connectivity index (χ1n) is 2.98. The SMILES string of the molecule is CC(C)C[C@@H](N)CCl. The average Bonchev–Trinajstić information content (AvgIpc) is 1.65. The second kappa shape index (κ2) is 4.16. The average molecular weight is 136 g/mol. The summed E-state index contributed by atoms with van der Waals surface area (Å²) in [6, 6.07) is 0.191. The van der Waals surface area contributed by atoms with Gasteiger partial charge >= 0.3 is 0 Å². The maximum Gasteiger partial charge on any atom is 0.0375 e. The van der Waals surface area contributed by atoms with Crippen LogP contribution in [0.3, 0.4) is 0 Å². The highest BCUT2D eigenvalue weighted by Crippen LogP contribution is 2.02. The number of rotatable bonds is 3. The summed E-state index contributed by atoms with van der Waals surface area (Å²) in [4.78, 5) is 0. The minimum Gasteiger partial charge on any atom is -0.327 e. The minimum absolute atomic E-state index is 0.191. The zero-order valence-corrected chi connectivity index (χ0v) is 6.28. The Morgan fingerprint density at radius 2 is 2.00 bits per heavy atom. The van der Waals surface area contributed by atoms with Gasteiger partial charge in [0, 0.05) is 11.9 Å². The lowest BCUT2D eigenvalue weighted by Crippen LogP contribution is -2.23. The van der Waals surface area contributed by atoms with Gasteiger partial charge in [0.05, 0.1) is 0 Å². The van der Waals surface area contributed by atoms with Crippen molar-refractivity contribution >= 4 is 11.6 Å². The first-order valence-corrected chi connectivity index (χ1v) is 3.51. The molecule has 0 aliphatic rings. The second-order valence-corrected chi connectivity index (χ2v) is 2.85. The monoisotopic (exact) mass is 135 g/mol. The summed E-state index contributed by atoms with van der Waals surface area (Å²) in [6.07, 6.45) is 1.03. The Labute approximate surface area is 56.2 Å². The number of hydrogen-bond acceptors (Lipinski definition) is 1. The van der Waals surface area contributed by atoms with Gasteiger partial charge in [0.2, 0.25) is 0 Å². The molecule has 0 fully saturated rings. The number of hydrogen-bond donors (Lipinski definition) is 1. The molecule has 0 bridgehead atoms. The van der Waals surface area contributed by atoms with Crippen molar-refractivity contribution in [2.75, 3.05) is 5.88 Å². The first kappa shape index (κ1) is 8.25. The lowest BCUT2D eigenvalue weighted by atomic mass is 10.1. The molecule has 8 heavy (non-hydrogen) atoms. The molecular weight excluding hydrogens is 122 g/mol. The Bertz CT molecular complexity index is 54.5. The van der Waals surface area contributed by atoms with Crippen LogP contribution in [-0.4, -0.2) is 11.9 Å². The molecule has 0 aromatic rings. The van der Waals surface area contributed by atoms with Crippen LogP contribution in [0.15, 0.2) is 0 Å². The van der Waals surface area contributed by atoms with Gasteiger partial charge in [0.25, 0.3) is 0 Å². The third-order valence-corrected chi connectivity index (χ3v) is 1.37. The van der Waals surface area contributed by atoms with Gasteiger partial charge in [0.1, 0.15) is 0 Å². The van der Waals surface area contributed by atoms with Gasteiger partial charge in [-0.05, 0) is 12.3 Å². The van der Waals surface area contributed by atoms with Gasteiger partial charge in [0.15, 0.2) is 0 Å². The van der Waals surface area contributed by atoms with Crippen molar-refractivity contribution in [3.8, 4) is 0 Å². The van der Waals surface area contributed by atoms with E-state index in [0.29, 0.717) is 11.8 Å². The lowest BCUT2D eigenvalue weighted by molar-refractivity contribution is 0.523. The van der Waals surface area contributed by atoms with Gasteiger partial charge in [-0.15, -0.1) is 11.6 Å². The van der Waals surface area contributed by atoms with Crippen LogP contribution in [0.1, 0.15) is 20.3 Å². The second-order valence-electron chi connectivity index (χ2n) is 2.54. The van der Waals surface area contributed by atoms with Gasteiger partial charge < -0.3 is 5.73 Å². The van der Waals surface area contributed by atoms with E-state index in [2.05, 4.69) is 13.8 Å². The molecule has 0 unspecified atom stereocenters. The summed E-state index contributed by atoms with van der Waals surface area (Å²) in [7, 11) is 0. The fourth-order valence-electron chi connectivity index (χ4n) is 0.668. The van der Waals surface area contributed by atoms with Crippen LogP contribution in [-0.2, 0) is 0 Å². The molecule has 0 rings (SSSR count). The van der Waals surface area contributed by atoms with E-state index in [1.54, 1.807) is 0 Å². The Balaban J connectivity index is 3.10. The molecule has 0 aromatic heterocycles. The smallest absolute Gasteiger partial charge is 0.0375 e. The van der Waals surface area contributed by atoms with Gasteiger partial charge in [-0.1, -0.05) is 13.8 Å². The highest BCUT2D eigenvalue weighted by atomic mass is 35.5. The summed E-state index contributed by atoms with van der Waals surface area (Å²) in [5, 5.41) is 0. The van der Waals surface area contributed by atoms with Crippen molar-refractivity contribution in [1.29, 1.82) is 0 Å². The molecule has 0 amide bonds. The predicted octanol–water partition coefficient (Wildman–Crippen LogP) is 1.60. The molecule has 0 aliphatic heterocycles. The quantitative estimate of drug-likeness (QED) is 0.585. The highest BCUT2D eigenvalue weighted by Gasteiger charge is 2.01. The standard InChI is InChI=1S/C6H14ClN/c1-5(2)3-6(8)4-7/h5-6H,3-4,8H2,1-2H3/t6-/m1/s1. The maximum absolute atomic E-state index is 5.54. The van der Waals surface area contributed by atoms with Crippen molar-refractivity contribution in [2.45, 2.75) is 26.3 Å². The van der Waals surface area contributed by atoms with Crippen LogP contribution in [0.25, 0.3) is 0 Å². The topological polar surface area (TPSA) is 26.0 Å². The third-order valence-electron chi connectivity index (χ3n) is 0.972. The van der Waals surface area contributed by atoms with Crippen molar-refractivity contribution in [1.82, 2.24) is 0 Å². The molecule has 0 saturated carbocycles. The highest BCUT2D eigenvalue weighted by molar-refractivity contribution is 6.18. The van der Waals surface area contributed by atoms with Crippen molar-refractivity contribution in [2.24, 2.45) is 11.7 Å². The van der Waals surface area contributed by atoms with E-state index in [0.717, 1.165) is 6.42 Å². The van der Waals surface area contributed by atoms with E-state index in [4.69, 9.17) is 17.3 Å². The summed E-state index contributed by atoms with van der Waals surface area (Å²) in [6.45, 7) is 4.29. The van der Waals surface area contributed by atoms with Crippen molar-refractivity contribution < 1.29 is 0 Å². The summed E-state index contributed by atoms with van der Waals surface area (Å²) in [5.41, 5.74) is 5.54. The predicted molar refractivity (Wildman–Crippen MR) is 38.2 cm³/mol. The molecule has 0 aliphatic carbocycles. The molecule has 1 nitrogen and oxygen atoms in total. The molecular formula is C6H14ClN. The molecule has 0 heterocycles. The van der Waals surface area contributed by atoms with Crippen LogP contribution < -0.4 is 5.73 Å². The van der Waals surface area contributed by atoms with E-state index >= 15 is 0 Å². The van der Waals surface area contributed by atoms with Crippen LogP contribution in [0.5, 0.6) is 0 Å². The van der Waals surface area contributed by atoms with Crippen LogP contribution in [0.4, 0.5) is 0 Å². The lowest BCUT2D eigenvalue weighted by Gasteiger charge is -2.08. The Morgan fingerprint density at radius 1 is 1.50 bits per heavy atom. The van der Waals surface area contributed by atoms with E-state index in [1.807, 2.05) is 0 Å². The van der Waals surface area contributed by atoms with Crippen molar-refractivity contribution in [3.05, 3.63) is 0 Å². The van der Waals surface area contributed by atoms with Crippen molar-refractivity contribution in [3.63, 3.8) is 0 Å². The summed E-state index contributed by atoms with van der Waals surface area (Å²) in [5.74, 6) is 1.25. The third kappa shape index (κ3) is 4.41. The molecule has 2 heteroatoms. The van der Waals surface area contributed by atoms with E-state index in [1.165, 1.54) is 0 Å². The van der Waals surface area contributed by atoms with Crippen LogP contribution >= 0.6 is 11.6 Å². The molecule has 50 valence electrons. The number of alkyl halides is 1. The largest absolute Gasteiger partial charge is 0.327 e. The van der Waals surface area contributed by atoms with E-state index in [9.17, 15) is 0 Å². The minimum atomic E-state index is 0.191. The molecule has 1 atom stereocenters. The van der Waals surface area contributed by atoms with E-state index < -0.39 is 0 Å². The summed E-state index contributed by atoms with van der Waals surface area (Å²) < 4.78 is 0. The fourth-order valence-corrected chi connectivity index (χ4v) is 0.794. The Morgan fingerprint density at radius 3 is 2.12 bits per heavy atom. The van der Waals surface area contributed by atoms with Gasteiger partial charge in [-0.3, -0.25) is 0 Å². The Hall–Kier alpha value is 0.250. The van der Waals surface area contributed by atoms with Gasteiger partial charge in [-0.25, -0.2) is 0 Å². The van der Waals surface area contributed by atoms with Crippen LogP contribution in [0.2, 0.25) is 0 Å². The number of nitrogens with two attached hydrogens (primary N) is 1. The fraction of sp³-hybridized carbons (Fsp3) is 1.00. The van der Waals surface area contributed by atoms with E-state index in [-0.39, 0.29) is 6.04 Å². The normalized spacial score (nSPS) is 14.6. The molecule has 2 N–H and O–H groups in total. The molecule has 0 aromatic carbocycles. The maximum atomic E-state index is 5.54. The number of halogens is 1. The Kier molecular flexibility index (Phi) is 4.29. The zero-order valence-electron chi connectivity index (χ0n) is 5.52. The molecule has 0 spiro atoms.